The number of carboxylic acids is 1. The first-order chi connectivity index (χ1) is 9.72. The number of anilines is 1. The van der Waals surface area contributed by atoms with Crippen LogP contribution in [0.25, 0.3) is 0 Å². The van der Waals surface area contributed by atoms with Crippen LogP contribution >= 0.6 is 0 Å². The van der Waals surface area contributed by atoms with E-state index in [1.54, 1.807) is 20.9 Å². The fraction of sp³-hybridized carbons (Fsp3) is 0.250. The third kappa shape index (κ3) is 2.87. The molecule has 0 saturated carbocycles. The Morgan fingerprint density at radius 2 is 2.05 bits per heavy atom. The van der Waals surface area contributed by atoms with Gasteiger partial charge in [0.25, 0.3) is 10.0 Å². The molecule has 21 heavy (non-hydrogen) atoms. The van der Waals surface area contributed by atoms with Crippen molar-refractivity contribution in [2.45, 2.75) is 18.7 Å². The van der Waals surface area contributed by atoms with Gasteiger partial charge in [0, 0.05) is 13.2 Å². The number of aromatic carboxylic acids is 1. The molecule has 0 unspecified atom stereocenters. The molecule has 2 aromatic heterocycles. The van der Waals surface area contributed by atoms with Crippen molar-refractivity contribution in [3.63, 3.8) is 0 Å². The van der Waals surface area contributed by atoms with Crippen molar-refractivity contribution in [2.75, 3.05) is 4.72 Å². The van der Waals surface area contributed by atoms with E-state index in [4.69, 9.17) is 5.11 Å². The Morgan fingerprint density at radius 3 is 2.57 bits per heavy atom. The monoisotopic (exact) mass is 310 g/mol. The van der Waals surface area contributed by atoms with E-state index >= 15 is 0 Å². The maximum Gasteiger partial charge on any atom is 0.354 e. The Hall–Kier alpha value is -2.42. The topological polar surface area (TPSA) is 114 Å². The Kier molecular flexibility index (Phi) is 3.69. The largest absolute Gasteiger partial charge is 0.477 e. The molecule has 0 aliphatic heterocycles. The molecule has 2 heterocycles. The first-order valence-corrected chi connectivity index (χ1v) is 7.43. The highest BCUT2D eigenvalue weighted by atomic mass is 32.2. The molecule has 8 nitrogen and oxygen atoms in total. The molecule has 0 fully saturated rings. The predicted octanol–water partition coefficient (Wildman–Crippen LogP) is 0.931. The number of carboxylic acid groups (broad SMARTS) is 1. The van der Waals surface area contributed by atoms with Gasteiger partial charge in [0.05, 0.1) is 17.1 Å². The van der Waals surface area contributed by atoms with E-state index in [0.717, 1.165) is 6.07 Å². The van der Waals surface area contributed by atoms with Crippen molar-refractivity contribution in [3.05, 3.63) is 35.4 Å². The van der Waals surface area contributed by atoms with Gasteiger partial charge in [0.2, 0.25) is 0 Å². The molecule has 2 aromatic rings. The molecular formula is C12H14N4O4S. The van der Waals surface area contributed by atoms with E-state index in [2.05, 4.69) is 14.8 Å². The van der Waals surface area contributed by atoms with E-state index in [9.17, 15) is 13.2 Å². The molecule has 0 bridgehead atoms. The second-order valence-electron chi connectivity index (χ2n) is 4.46. The van der Waals surface area contributed by atoms with Crippen molar-refractivity contribution in [1.29, 1.82) is 0 Å². The summed E-state index contributed by atoms with van der Waals surface area (Å²) < 4.78 is 28.6. The van der Waals surface area contributed by atoms with Gasteiger partial charge in [-0.05, 0) is 26.0 Å². The van der Waals surface area contributed by atoms with Gasteiger partial charge < -0.3 is 5.11 Å². The maximum absolute atomic E-state index is 12.4. The highest BCUT2D eigenvalue weighted by Gasteiger charge is 2.24. The normalized spacial score (nSPS) is 11.4. The fourth-order valence-corrected chi connectivity index (χ4v) is 3.45. The van der Waals surface area contributed by atoms with Crippen LogP contribution in [0.3, 0.4) is 0 Å². The zero-order valence-electron chi connectivity index (χ0n) is 11.7. The van der Waals surface area contributed by atoms with E-state index in [1.165, 1.54) is 16.9 Å². The summed E-state index contributed by atoms with van der Waals surface area (Å²) in [6, 6.07) is 2.53. The number of sulfonamides is 1. The molecule has 0 spiro atoms. The summed E-state index contributed by atoms with van der Waals surface area (Å²) in [4.78, 5) is 14.6. The number of aryl methyl sites for hydroxylation is 2. The molecule has 9 heteroatoms. The van der Waals surface area contributed by atoms with Crippen LogP contribution in [0.4, 0.5) is 5.69 Å². The van der Waals surface area contributed by atoms with E-state index in [0.29, 0.717) is 11.4 Å². The smallest absolute Gasteiger partial charge is 0.354 e. The number of nitrogens with one attached hydrogen (secondary N) is 1. The standard InChI is InChI=1S/C12H14N4O4S/c1-7-11(8(2)16(3)14-7)21(19,20)15-9-4-5-13-10(6-9)12(17)18/h4-6H,1-3H3,(H,13,15)(H,17,18). The zero-order valence-corrected chi connectivity index (χ0v) is 12.5. The summed E-state index contributed by atoms with van der Waals surface area (Å²) in [5.41, 5.74) is 0.752. The number of aromatic nitrogens is 3. The van der Waals surface area contributed by atoms with Gasteiger partial charge in [0.1, 0.15) is 10.6 Å². The molecule has 0 atom stereocenters. The van der Waals surface area contributed by atoms with Crippen molar-refractivity contribution in [1.82, 2.24) is 14.8 Å². The van der Waals surface area contributed by atoms with Gasteiger partial charge in [-0.25, -0.2) is 18.2 Å². The first kappa shape index (κ1) is 15.0. The van der Waals surface area contributed by atoms with Crippen LogP contribution in [0.2, 0.25) is 0 Å². The molecule has 112 valence electrons. The van der Waals surface area contributed by atoms with E-state index in [1.807, 2.05) is 0 Å². The summed E-state index contributed by atoms with van der Waals surface area (Å²) >= 11 is 0. The molecule has 0 aromatic carbocycles. The minimum atomic E-state index is -3.85. The number of carbonyl (C=O) groups is 1. The van der Waals surface area contributed by atoms with Crippen LogP contribution in [0, 0.1) is 13.8 Å². The molecule has 2 N–H and O–H groups in total. The lowest BCUT2D eigenvalue weighted by molar-refractivity contribution is 0.0690. The van der Waals surface area contributed by atoms with Gasteiger partial charge in [-0.1, -0.05) is 0 Å². The zero-order chi connectivity index (χ0) is 15.8. The Labute approximate surface area is 121 Å². The Bertz CT molecular complexity index is 811. The Balaban J connectivity index is 2.42. The Morgan fingerprint density at radius 1 is 1.38 bits per heavy atom. The van der Waals surface area contributed by atoms with Crippen molar-refractivity contribution < 1.29 is 18.3 Å². The van der Waals surface area contributed by atoms with Crippen LogP contribution < -0.4 is 4.72 Å². The molecule has 0 aliphatic rings. The van der Waals surface area contributed by atoms with Crippen LogP contribution in [-0.2, 0) is 17.1 Å². The van der Waals surface area contributed by atoms with Crippen molar-refractivity contribution in [2.24, 2.45) is 7.05 Å². The van der Waals surface area contributed by atoms with E-state index in [-0.39, 0.29) is 16.3 Å². The number of hydrogen-bond donors (Lipinski definition) is 2. The summed E-state index contributed by atoms with van der Waals surface area (Å²) in [6.45, 7) is 3.24. The summed E-state index contributed by atoms with van der Waals surface area (Å²) in [5.74, 6) is -1.23. The van der Waals surface area contributed by atoms with Gasteiger partial charge in [0.15, 0.2) is 0 Å². The van der Waals surface area contributed by atoms with Crippen LogP contribution in [0.5, 0.6) is 0 Å². The average molecular weight is 310 g/mol. The molecular weight excluding hydrogens is 296 g/mol. The molecule has 0 amide bonds. The molecule has 2 rings (SSSR count). The van der Waals surface area contributed by atoms with Gasteiger partial charge in [-0.3, -0.25) is 9.40 Å². The summed E-state index contributed by atoms with van der Waals surface area (Å²) in [6.07, 6.45) is 1.23. The van der Waals surface area contributed by atoms with Gasteiger partial charge >= 0.3 is 5.97 Å². The SMILES string of the molecule is Cc1nn(C)c(C)c1S(=O)(=O)Nc1ccnc(C(=O)O)c1. The highest BCUT2D eigenvalue weighted by molar-refractivity contribution is 7.92. The average Bonchev–Trinajstić information content (AvgIpc) is 2.63. The third-order valence-corrected chi connectivity index (χ3v) is 4.58. The second kappa shape index (κ2) is 5.17. The number of pyridine rings is 1. The van der Waals surface area contributed by atoms with Crippen LogP contribution in [0.1, 0.15) is 21.9 Å². The lowest BCUT2D eigenvalue weighted by Crippen LogP contribution is -2.15. The molecule has 0 radical (unpaired) electrons. The number of hydrogen-bond acceptors (Lipinski definition) is 5. The third-order valence-electron chi connectivity index (χ3n) is 2.94. The number of nitrogens with zero attached hydrogens (tertiary/aromatic N) is 3. The van der Waals surface area contributed by atoms with Crippen LogP contribution in [0.15, 0.2) is 23.2 Å². The summed E-state index contributed by atoms with van der Waals surface area (Å²) in [7, 11) is -2.20. The van der Waals surface area contributed by atoms with Crippen molar-refractivity contribution >= 4 is 21.7 Å². The number of rotatable bonds is 4. The van der Waals surface area contributed by atoms with Gasteiger partial charge in [-0.2, -0.15) is 5.10 Å². The fourth-order valence-electron chi connectivity index (χ4n) is 1.96. The molecule has 0 saturated heterocycles. The lowest BCUT2D eigenvalue weighted by Gasteiger charge is -2.08. The predicted molar refractivity (Wildman–Crippen MR) is 74.7 cm³/mol. The highest BCUT2D eigenvalue weighted by Crippen LogP contribution is 2.22. The first-order valence-electron chi connectivity index (χ1n) is 5.94. The quantitative estimate of drug-likeness (QED) is 0.868. The van der Waals surface area contributed by atoms with Crippen LogP contribution in [-0.4, -0.2) is 34.3 Å². The maximum atomic E-state index is 12.4. The van der Waals surface area contributed by atoms with Crippen molar-refractivity contribution in [3.8, 4) is 0 Å². The van der Waals surface area contributed by atoms with Gasteiger partial charge in [-0.15, -0.1) is 0 Å². The summed E-state index contributed by atoms with van der Waals surface area (Å²) in [5, 5.41) is 12.9. The van der Waals surface area contributed by atoms with E-state index < -0.39 is 16.0 Å². The minimum absolute atomic E-state index is 0.0821. The molecule has 0 aliphatic carbocycles. The minimum Gasteiger partial charge on any atom is -0.477 e. The second-order valence-corrected chi connectivity index (χ2v) is 6.08. The lowest BCUT2D eigenvalue weighted by atomic mass is 10.3.